The molecule has 0 spiro atoms. The van der Waals surface area contributed by atoms with E-state index < -0.39 is 5.97 Å². The number of aryl methyl sites for hydroxylation is 1. The van der Waals surface area contributed by atoms with Crippen LogP contribution in [0.3, 0.4) is 0 Å². The molecule has 0 aliphatic carbocycles. The van der Waals surface area contributed by atoms with Gasteiger partial charge in [-0.2, -0.15) is 0 Å². The van der Waals surface area contributed by atoms with Crippen molar-refractivity contribution in [3.8, 4) is 5.75 Å². The Balaban J connectivity index is 2.43. The molecule has 18 heavy (non-hydrogen) atoms. The third-order valence-electron chi connectivity index (χ3n) is 2.74. The fraction of sp³-hybridized carbons (Fsp3) is 0.231. The summed E-state index contributed by atoms with van der Waals surface area (Å²) < 4.78 is 5.07. The predicted molar refractivity (Wildman–Crippen MR) is 67.1 cm³/mol. The van der Waals surface area contributed by atoms with Crippen molar-refractivity contribution in [1.82, 2.24) is 4.98 Å². The van der Waals surface area contributed by atoms with Gasteiger partial charge in [0, 0.05) is 18.1 Å². The number of rotatable bonds is 4. The van der Waals surface area contributed by atoms with E-state index in [0.717, 1.165) is 5.39 Å². The van der Waals surface area contributed by atoms with Crippen LogP contribution < -0.4 is 10.3 Å². The smallest absolute Gasteiger partial charge is 0.303 e. The maximum Gasteiger partial charge on any atom is 0.303 e. The lowest BCUT2D eigenvalue weighted by Gasteiger charge is -2.04. The second-order valence-corrected chi connectivity index (χ2v) is 3.97. The highest BCUT2D eigenvalue weighted by atomic mass is 16.5. The van der Waals surface area contributed by atoms with E-state index in [9.17, 15) is 9.59 Å². The molecule has 5 nitrogen and oxygen atoms in total. The second-order valence-electron chi connectivity index (χ2n) is 3.97. The summed E-state index contributed by atoms with van der Waals surface area (Å²) >= 11 is 0. The molecule has 1 aromatic heterocycles. The summed E-state index contributed by atoms with van der Waals surface area (Å²) in [5, 5.41) is 9.48. The van der Waals surface area contributed by atoms with Crippen LogP contribution in [0.2, 0.25) is 0 Å². The molecule has 0 amide bonds. The van der Waals surface area contributed by atoms with Gasteiger partial charge in [-0.25, -0.2) is 0 Å². The van der Waals surface area contributed by atoms with Gasteiger partial charge in [-0.3, -0.25) is 9.59 Å². The fourth-order valence-corrected chi connectivity index (χ4v) is 1.78. The van der Waals surface area contributed by atoms with E-state index in [4.69, 9.17) is 9.84 Å². The SMILES string of the molecule is COc1ccc2cc(CCC(=O)O)c(=O)[nH]c2c1. The van der Waals surface area contributed by atoms with Crippen molar-refractivity contribution >= 4 is 16.9 Å². The number of pyridine rings is 1. The molecule has 2 rings (SSSR count). The lowest BCUT2D eigenvalue weighted by atomic mass is 10.1. The highest BCUT2D eigenvalue weighted by Crippen LogP contribution is 2.18. The van der Waals surface area contributed by atoms with Crippen LogP contribution in [0.5, 0.6) is 5.75 Å². The molecular weight excluding hydrogens is 234 g/mol. The Hall–Kier alpha value is -2.30. The number of fused-ring (bicyclic) bond motifs is 1. The highest BCUT2D eigenvalue weighted by Gasteiger charge is 2.06. The van der Waals surface area contributed by atoms with Crippen LogP contribution >= 0.6 is 0 Å². The molecule has 0 bridgehead atoms. The number of aliphatic carboxylic acids is 1. The first-order chi connectivity index (χ1) is 8.60. The molecule has 0 radical (unpaired) electrons. The largest absolute Gasteiger partial charge is 0.497 e. The Kier molecular flexibility index (Phi) is 3.32. The minimum absolute atomic E-state index is 0.0509. The first-order valence-electron chi connectivity index (χ1n) is 5.52. The van der Waals surface area contributed by atoms with Crippen molar-refractivity contribution in [1.29, 1.82) is 0 Å². The maximum absolute atomic E-state index is 11.8. The number of H-pyrrole nitrogens is 1. The number of hydrogen-bond donors (Lipinski definition) is 2. The van der Waals surface area contributed by atoms with Gasteiger partial charge in [0.1, 0.15) is 5.75 Å². The van der Waals surface area contributed by atoms with Gasteiger partial charge in [-0.05, 0) is 30.0 Å². The molecule has 0 fully saturated rings. The van der Waals surface area contributed by atoms with Gasteiger partial charge >= 0.3 is 5.97 Å². The first kappa shape index (κ1) is 12.2. The number of hydrogen-bond acceptors (Lipinski definition) is 3. The summed E-state index contributed by atoms with van der Waals surface area (Å²) in [6.45, 7) is 0. The third kappa shape index (κ3) is 2.51. The van der Waals surface area contributed by atoms with E-state index in [1.54, 1.807) is 25.3 Å². The van der Waals surface area contributed by atoms with Gasteiger partial charge in [0.05, 0.1) is 12.6 Å². The van der Waals surface area contributed by atoms with Gasteiger partial charge in [0.15, 0.2) is 0 Å². The van der Waals surface area contributed by atoms with Crippen LogP contribution in [0.4, 0.5) is 0 Å². The van der Waals surface area contributed by atoms with Crippen LogP contribution in [0, 0.1) is 0 Å². The van der Waals surface area contributed by atoms with Gasteiger partial charge in [-0.15, -0.1) is 0 Å². The van der Waals surface area contributed by atoms with Crippen molar-refractivity contribution in [2.45, 2.75) is 12.8 Å². The van der Waals surface area contributed by atoms with Crippen molar-refractivity contribution in [2.75, 3.05) is 7.11 Å². The Morgan fingerprint density at radius 3 is 2.83 bits per heavy atom. The molecule has 1 aromatic carbocycles. The van der Waals surface area contributed by atoms with Gasteiger partial charge < -0.3 is 14.8 Å². The predicted octanol–water partition coefficient (Wildman–Crippen LogP) is 1.55. The summed E-state index contributed by atoms with van der Waals surface area (Å²) in [6, 6.07) is 7.07. The number of nitrogens with one attached hydrogen (secondary N) is 1. The first-order valence-corrected chi connectivity index (χ1v) is 5.52. The number of benzene rings is 1. The van der Waals surface area contributed by atoms with E-state index in [1.165, 1.54) is 0 Å². The standard InChI is InChI=1S/C13H13NO4/c1-18-10-4-2-8-6-9(3-5-12(15)16)13(17)14-11(8)7-10/h2,4,6-7H,3,5H2,1H3,(H,14,17)(H,15,16). The summed E-state index contributed by atoms with van der Waals surface area (Å²) in [5.74, 6) is -0.249. The zero-order valence-electron chi connectivity index (χ0n) is 9.90. The molecule has 0 atom stereocenters. The number of aromatic amines is 1. The monoisotopic (exact) mass is 247 g/mol. The van der Waals surface area contributed by atoms with Crippen LogP contribution in [0.25, 0.3) is 10.9 Å². The van der Waals surface area contributed by atoms with E-state index in [1.807, 2.05) is 6.07 Å². The molecule has 0 saturated carbocycles. The van der Waals surface area contributed by atoms with E-state index in [-0.39, 0.29) is 18.4 Å². The molecule has 2 N–H and O–H groups in total. The van der Waals surface area contributed by atoms with Crippen molar-refractivity contribution in [3.05, 3.63) is 40.2 Å². The molecule has 0 unspecified atom stereocenters. The summed E-state index contributed by atoms with van der Waals surface area (Å²) in [5.41, 5.74) is 0.908. The molecule has 0 aliphatic rings. The van der Waals surface area contributed by atoms with Crippen molar-refractivity contribution in [2.24, 2.45) is 0 Å². The third-order valence-corrected chi connectivity index (χ3v) is 2.74. The van der Waals surface area contributed by atoms with E-state index >= 15 is 0 Å². The topological polar surface area (TPSA) is 79.4 Å². The number of carboxylic acid groups (broad SMARTS) is 1. The Morgan fingerprint density at radius 1 is 1.39 bits per heavy atom. The number of carbonyl (C=O) groups is 1. The molecule has 5 heteroatoms. The minimum atomic E-state index is -0.913. The molecule has 1 heterocycles. The lowest BCUT2D eigenvalue weighted by molar-refractivity contribution is -0.136. The second kappa shape index (κ2) is 4.91. The Morgan fingerprint density at radius 2 is 2.17 bits per heavy atom. The summed E-state index contributed by atoms with van der Waals surface area (Å²) in [4.78, 5) is 25.0. The fourth-order valence-electron chi connectivity index (χ4n) is 1.78. The van der Waals surface area contributed by atoms with E-state index in [2.05, 4.69) is 4.98 Å². The number of methoxy groups -OCH3 is 1. The number of carboxylic acids is 1. The zero-order valence-corrected chi connectivity index (χ0v) is 9.90. The quantitative estimate of drug-likeness (QED) is 0.859. The normalized spacial score (nSPS) is 10.5. The van der Waals surface area contributed by atoms with Crippen LogP contribution in [-0.4, -0.2) is 23.2 Å². The highest BCUT2D eigenvalue weighted by molar-refractivity contribution is 5.80. The van der Waals surface area contributed by atoms with Crippen molar-refractivity contribution in [3.63, 3.8) is 0 Å². The zero-order chi connectivity index (χ0) is 13.1. The van der Waals surface area contributed by atoms with Crippen LogP contribution in [0.15, 0.2) is 29.1 Å². The van der Waals surface area contributed by atoms with Crippen LogP contribution in [-0.2, 0) is 11.2 Å². The molecule has 2 aromatic rings. The van der Waals surface area contributed by atoms with E-state index in [0.29, 0.717) is 16.8 Å². The average molecular weight is 247 g/mol. The summed E-state index contributed by atoms with van der Waals surface area (Å²) in [7, 11) is 1.56. The molecule has 0 aliphatic heterocycles. The maximum atomic E-state index is 11.8. The number of ether oxygens (including phenoxy) is 1. The Bertz CT molecular complexity index is 645. The molecular formula is C13H13NO4. The van der Waals surface area contributed by atoms with Gasteiger partial charge in [0.25, 0.3) is 5.56 Å². The van der Waals surface area contributed by atoms with Crippen molar-refractivity contribution < 1.29 is 14.6 Å². The van der Waals surface area contributed by atoms with Gasteiger partial charge in [-0.1, -0.05) is 0 Å². The molecule has 94 valence electrons. The summed E-state index contributed by atoms with van der Waals surface area (Å²) in [6.07, 6.45) is 0.178. The lowest BCUT2D eigenvalue weighted by Crippen LogP contribution is -2.13. The van der Waals surface area contributed by atoms with Gasteiger partial charge in [0.2, 0.25) is 0 Å². The minimum Gasteiger partial charge on any atom is -0.497 e. The Labute approximate surface area is 103 Å². The molecule has 0 saturated heterocycles. The average Bonchev–Trinajstić information content (AvgIpc) is 2.35. The number of aromatic nitrogens is 1. The van der Waals surface area contributed by atoms with Crippen LogP contribution in [0.1, 0.15) is 12.0 Å².